The van der Waals surface area contributed by atoms with E-state index in [1.807, 2.05) is 81.4 Å². The molecule has 0 aliphatic heterocycles. The maximum Gasteiger partial charge on any atom is 0.412 e. The van der Waals surface area contributed by atoms with E-state index in [2.05, 4.69) is 6.92 Å². The van der Waals surface area contributed by atoms with Crippen molar-refractivity contribution in [2.75, 3.05) is 13.7 Å². The molecule has 1 N–H and O–H groups in total. The predicted molar refractivity (Wildman–Crippen MR) is 157 cm³/mol. The third-order valence-corrected chi connectivity index (χ3v) is 7.27. The Morgan fingerprint density at radius 1 is 0.975 bits per heavy atom. The lowest BCUT2D eigenvalue weighted by Crippen LogP contribution is -2.58. The summed E-state index contributed by atoms with van der Waals surface area (Å²) in [7, 11) is 1.69. The van der Waals surface area contributed by atoms with Gasteiger partial charge in [-0.05, 0) is 38.3 Å². The zero-order valence-electron chi connectivity index (χ0n) is 25.0. The maximum absolute atomic E-state index is 13.4. The number of carbonyl (C=O) groups excluding carboxylic acids is 1. The molecule has 0 spiro atoms. The summed E-state index contributed by atoms with van der Waals surface area (Å²) in [5, 5.41) is 10.8. The highest BCUT2D eigenvalue weighted by molar-refractivity contribution is 5.69. The van der Waals surface area contributed by atoms with Crippen molar-refractivity contribution in [3.63, 3.8) is 0 Å². The molecule has 0 aromatic heterocycles. The van der Waals surface area contributed by atoms with E-state index in [4.69, 9.17) is 18.9 Å². The van der Waals surface area contributed by atoms with Crippen LogP contribution in [0.3, 0.4) is 0 Å². The molecule has 222 valence electrons. The molecule has 0 saturated heterocycles. The zero-order chi connectivity index (χ0) is 29.0. The van der Waals surface area contributed by atoms with Gasteiger partial charge in [0, 0.05) is 19.9 Å². The third kappa shape index (κ3) is 9.88. The summed E-state index contributed by atoms with van der Waals surface area (Å²) < 4.78 is 25.2. The number of likely N-dealkylation sites (N-methyl/N-ethyl adjacent to an activating group) is 1. The second kappa shape index (κ2) is 15.5. The van der Waals surface area contributed by atoms with Gasteiger partial charge in [-0.2, -0.15) is 0 Å². The molecule has 7 nitrogen and oxygen atoms in total. The highest BCUT2D eigenvalue weighted by atomic mass is 16.6. The van der Waals surface area contributed by atoms with E-state index in [0.29, 0.717) is 32.5 Å². The molecule has 2 aromatic rings. The summed E-state index contributed by atoms with van der Waals surface area (Å²) in [5.41, 5.74) is 0.266. The first-order valence-electron chi connectivity index (χ1n) is 14.7. The van der Waals surface area contributed by atoms with Crippen LogP contribution >= 0.6 is 0 Å². The van der Waals surface area contributed by atoms with E-state index in [9.17, 15) is 9.90 Å². The zero-order valence-corrected chi connectivity index (χ0v) is 25.0. The lowest BCUT2D eigenvalue weighted by molar-refractivity contribution is -0.213. The van der Waals surface area contributed by atoms with Crippen molar-refractivity contribution >= 4 is 6.09 Å². The number of rotatable bonds is 15. The normalized spacial score (nSPS) is 21.8. The molecule has 1 amide bonds. The standard InChI is InChI=1S/C33H49NO6/c1-6-7-8-15-20-28(35)25-39-33(34(5)31(36)40-32(2,3)4)22-29(37-23-26-16-11-9-12-17-26)21-30(33)38-24-27-18-13-10-14-19-27/h9-14,16-19,28-30,35H,6-8,15,20-25H2,1-5H3/t28?,29-,30+,33-/m1/s1. The van der Waals surface area contributed by atoms with Crippen LogP contribution in [0.5, 0.6) is 0 Å². The highest BCUT2D eigenvalue weighted by Crippen LogP contribution is 2.41. The number of ether oxygens (including phenoxy) is 4. The van der Waals surface area contributed by atoms with E-state index < -0.39 is 29.6 Å². The van der Waals surface area contributed by atoms with Crippen molar-refractivity contribution < 1.29 is 28.8 Å². The summed E-state index contributed by atoms with van der Waals surface area (Å²) in [4.78, 5) is 14.9. The highest BCUT2D eigenvalue weighted by Gasteiger charge is 2.55. The van der Waals surface area contributed by atoms with Gasteiger partial charge in [0.1, 0.15) is 11.7 Å². The molecule has 2 aromatic carbocycles. The lowest BCUT2D eigenvalue weighted by atomic mass is 10.1. The van der Waals surface area contributed by atoms with E-state index in [1.54, 1.807) is 7.05 Å². The Hall–Kier alpha value is -2.45. The van der Waals surface area contributed by atoms with Crippen LogP contribution in [0.1, 0.15) is 83.8 Å². The second-order valence-corrected chi connectivity index (χ2v) is 11.8. The fraction of sp³-hybridized carbons (Fsp3) is 0.606. The third-order valence-electron chi connectivity index (χ3n) is 7.27. The van der Waals surface area contributed by atoms with Crippen molar-refractivity contribution in [2.24, 2.45) is 0 Å². The van der Waals surface area contributed by atoms with Gasteiger partial charge in [0.25, 0.3) is 0 Å². The molecule has 7 heteroatoms. The molecular weight excluding hydrogens is 506 g/mol. The Kier molecular flexibility index (Phi) is 12.4. The van der Waals surface area contributed by atoms with Crippen LogP contribution in [0.4, 0.5) is 4.79 Å². The molecule has 1 unspecified atom stereocenters. The lowest BCUT2D eigenvalue weighted by Gasteiger charge is -2.43. The van der Waals surface area contributed by atoms with Crippen LogP contribution in [0.25, 0.3) is 0 Å². The number of hydrogen-bond donors (Lipinski definition) is 1. The molecule has 40 heavy (non-hydrogen) atoms. The largest absolute Gasteiger partial charge is 0.444 e. The Morgan fingerprint density at radius 3 is 2.15 bits per heavy atom. The van der Waals surface area contributed by atoms with Crippen molar-refractivity contribution in [3.8, 4) is 0 Å². The molecule has 0 radical (unpaired) electrons. The molecule has 1 aliphatic rings. The van der Waals surface area contributed by atoms with Crippen LogP contribution < -0.4 is 0 Å². The van der Waals surface area contributed by atoms with E-state index in [1.165, 1.54) is 4.90 Å². The first-order chi connectivity index (χ1) is 19.1. The molecular formula is C33H49NO6. The number of benzene rings is 2. The fourth-order valence-electron chi connectivity index (χ4n) is 5.07. The summed E-state index contributed by atoms with van der Waals surface area (Å²) in [5.74, 6) is 0. The second-order valence-electron chi connectivity index (χ2n) is 11.8. The molecule has 0 heterocycles. The van der Waals surface area contributed by atoms with Gasteiger partial charge in [0.2, 0.25) is 0 Å². The topological polar surface area (TPSA) is 77.5 Å². The minimum atomic E-state index is -1.16. The Bertz CT molecular complexity index is 995. The Morgan fingerprint density at radius 2 is 1.57 bits per heavy atom. The maximum atomic E-state index is 13.4. The first kappa shape index (κ1) is 32.1. The molecule has 0 bridgehead atoms. The molecule has 1 fully saturated rings. The molecule has 1 saturated carbocycles. The number of nitrogens with zero attached hydrogens (tertiary/aromatic N) is 1. The predicted octanol–water partition coefficient (Wildman–Crippen LogP) is 6.86. The number of hydrogen-bond acceptors (Lipinski definition) is 6. The minimum Gasteiger partial charge on any atom is -0.444 e. The Labute approximate surface area is 240 Å². The van der Waals surface area contributed by atoms with Gasteiger partial charge in [-0.15, -0.1) is 0 Å². The van der Waals surface area contributed by atoms with Gasteiger partial charge >= 0.3 is 6.09 Å². The number of unbranched alkanes of at least 4 members (excludes halogenated alkanes) is 3. The number of carbonyl (C=O) groups is 1. The Balaban J connectivity index is 1.83. The van der Waals surface area contributed by atoms with Crippen molar-refractivity contribution in [3.05, 3.63) is 71.8 Å². The first-order valence-corrected chi connectivity index (χ1v) is 14.7. The monoisotopic (exact) mass is 555 g/mol. The van der Waals surface area contributed by atoms with E-state index in [-0.39, 0.29) is 12.7 Å². The van der Waals surface area contributed by atoms with Crippen LogP contribution in [0.2, 0.25) is 0 Å². The van der Waals surface area contributed by atoms with Crippen LogP contribution in [-0.2, 0) is 32.2 Å². The van der Waals surface area contributed by atoms with Gasteiger partial charge < -0.3 is 24.1 Å². The number of aliphatic hydroxyl groups is 1. The summed E-state index contributed by atoms with van der Waals surface area (Å²) in [6.07, 6.45) is 4.05. The van der Waals surface area contributed by atoms with Gasteiger partial charge in [-0.3, -0.25) is 4.90 Å². The summed E-state index contributed by atoms with van der Waals surface area (Å²) in [6, 6.07) is 20.0. The SMILES string of the molecule is CCCCCCC(O)CO[C@]1(N(C)C(=O)OC(C)(C)C)C[C@H](OCc2ccccc2)C[C@@H]1OCc1ccccc1. The van der Waals surface area contributed by atoms with Gasteiger partial charge in [-0.25, -0.2) is 4.79 Å². The van der Waals surface area contributed by atoms with Crippen LogP contribution in [0.15, 0.2) is 60.7 Å². The minimum absolute atomic E-state index is 0.0931. The summed E-state index contributed by atoms with van der Waals surface area (Å²) in [6.45, 7) is 8.60. The van der Waals surface area contributed by atoms with Gasteiger partial charge in [0.15, 0.2) is 5.72 Å². The van der Waals surface area contributed by atoms with Crippen molar-refractivity contribution in [1.29, 1.82) is 0 Å². The van der Waals surface area contributed by atoms with Crippen LogP contribution in [0, 0.1) is 0 Å². The van der Waals surface area contributed by atoms with E-state index >= 15 is 0 Å². The smallest absolute Gasteiger partial charge is 0.412 e. The average Bonchev–Trinajstić information content (AvgIpc) is 3.30. The summed E-state index contributed by atoms with van der Waals surface area (Å²) >= 11 is 0. The number of amides is 1. The number of aliphatic hydroxyl groups excluding tert-OH is 1. The van der Waals surface area contributed by atoms with Gasteiger partial charge in [0.05, 0.1) is 32.0 Å². The molecule has 1 aliphatic carbocycles. The fourth-order valence-corrected chi connectivity index (χ4v) is 5.07. The quantitative estimate of drug-likeness (QED) is 0.191. The van der Waals surface area contributed by atoms with Gasteiger partial charge in [-0.1, -0.05) is 93.3 Å². The average molecular weight is 556 g/mol. The van der Waals surface area contributed by atoms with Crippen molar-refractivity contribution in [1.82, 2.24) is 4.90 Å². The molecule has 4 atom stereocenters. The molecule has 3 rings (SSSR count). The van der Waals surface area contributed by atoms with Crippen molar-refractivity contribution in [2.45, 2.75) is 115 Å². The van der Waals surface area contributed by atoms with Crippen LogP contribution in [-0.4, -0.2) is 59.4 Å². The van der Waals surface area contributed by atoms with E-state index in [0.717, 1.165) is 36.8 Å².